The summed E-state index contributed by atoms with van der Waals surface area (Å²) in [6.45, 7) is 6.16. The molecule has 0 spiro atoms. The fourth-order valence-electron chi connectivity index (χ4n) is 3.57. The fraction of sp³-hybridized carbons (Fsp3) is 0.450. The zero-order valence-electron chi connectivity index (χ0n) is 16.9. The second-order valence-corrected chi connectivity index (χ2v) is 8.34. The standard InChI is InChI=1S/C20H23F2N5O2S/c1-13-12-25(2)24-17(13)19(28)27(5-3-4-26-6-8-29-9-7-26)20-23-18-15(22)10-14(21)11-16(18)30-20/h10-12H,3-9H2,1-2H3. The molecule has 1 aliphatic rings. The lowest BCUT2D eigenvalue weighted by atomic mass is 10.2. The van der Waals surface area contributed by atoms with E-state index in [1.165, 1.54) is 11.0 Å². The summed E-state index contributed by atoms with van der Waals surface area (Å²) in [5.74, 6) is -1.70. The molecule has 4 rings (SSSR count). The molecule has 30 heavy (non-hydrogen) atoms. The molecule has 0 unspecified atom stereocenters. The average Bonchev–Trinajstić information content (AvgIpc) is 3.28. The van der Waals surface area contributed by atoms with Crippen LogP contribution in [-0.2, 0) is 11.8 Å². The predicted octanol–water partition coefficient (Wildman–Crippen LogP) is 2.99. The number of morpholine rings is 1. The van der Waals surface area contributed by atoms with Crippen molar-refractivity contribution in [2.45, 2.75) is 13.3 Å². The minimum Gasteiger partial charge on any atom is -0.379 e. The van der Waals surface area contributed by atoms with Crippen molar-refractivity contribution < 1.29 is 18.3 Å². The fourth-order valence-corrected chi connectivity index (χ4v) is 4.60. The Morgan fingerprint density at radius 2 is 2.07 bits per heavy atom. The Bertz CT molecular complexity index is 1060. The number of nitrogens with zero attached hydrogens (tertiary/aromatic N) is 5. The summed E-state index contributed by atoms with van der Waals surface area (Å²) in [4.78, 5) is 21.4. The van der Waals surface area contributed by atoms with Crippen molar-refractivity contribution in [2.75, 3.05) is 44.3 Å². The van der Waals surface area contributed by atoms with Crippen molar-refractivity contribution in [1.29, 1.82) is 0 Å². The third-order valence-electron chi connectivity index (χ3n) is 5.05. The summed E-state index contributed by atoms with van der Waals surface area (Å²) in [7, 11) is 1.75. The molecule has 0 bridgehead atoms. The number of aromatic nitrogens is 3. The number of benzene rings is 1. The van der Waals surface area contributed by atoms with Gasteiger partial charge in [0.2, 0.25) is 0 Å². The Labute approximate surface area is 176 Å². The molecule has 0 N–H and O–H groups in total. The molecule has 2 aromatic heterocycles. The van der Waals surface area contributed by atoms with Gasteiger partial charge in [0, 0.05) is 51.1 Å². The molecule has 1 saturated heterocycles. The van der Waals surface area contributed by atoms with Crippen molar-refractivity contribution in [1.82, 2.24) is 19.7 Å². The number of ether oxygens (including phenoxy) is 1. The van der Waals surface area contributed by atoms with Gasteiger partial charge in [-0.25, -0.2) is 13.8 Å². The lowest BCUT2D eigenvalue weighted by molar-refractivity contribution is 0.0376. The molecule has 160 valence electrons. The smallest absolute Gasteiger partial charge is 0.280 e. The number of thiazole rings is 1. The molecule has 1 aromatic carbocycles. The second-order valence-electron chi connectivity index (χ2n) is 7.33. The van der Waals surface area contributed by atoms with E-state index in [2.05, 4.69) is 15.0 Å². The Hall–Kier alpha value is -2.43. The van der Waals surface area contributed by atoms with Crippen LogP contribution in [0.15, 0.2) is 18.3 Å². The van der Waals surface area contributed by atoms with Gasteiger partial charge in [0.25, 0.3) is 5.91 Å². The van der Waals surface area contributed by atoms with Crippen LogP contribution in [0.5, 0.6) is 0 Å². The second kappa shape index (κ2) is 8.75. The first-order valence-corrected chi connectivity index (χ1v) is 10.6. The highest BCUT2D eigenvalue weighted by Gasteiger charge is 2.26. The van der Waals surface area contributed by atoms with Crippen molar-refractivity contribution in [3.05, 3.63) is 41.2 Å². The maximum absolute atomic E-state index is 14.2. The van der Waals surface area contributed by atoms with Crippen molar-refractivity contribution in [2.24, 2.45) is 7.05 Å². The topological polar surface area (TPSA) is 63.5 Å². The number of carbonyl (C=O) groups is 1. The van der Waals surface area contributed by atoms with Gasteiger partial charge in [-0.1, -0.05) is 11.3 Å². The number of fused-ring (bicyclic) bond motifs is 1. The van der Waals surface area contributed by atoms with Crippen LogP contribution in [0.25, 0.3) is 10.2 Å². The number of anilines is 1. The molecule has 1 fully saturated rings. The minimum absolute atomic E-state index is 0.0696. The monoisotopic (exact) mass is 435 g/mol. The molecule has 3 aromatic rings. The Morgan fingerprint density at radius 1 is 1.30 bits per heavy atom. The van der Waals surface area contributed by atoms with Crippen LogP contribution in [0, 0.1) is 18.6 Å². The largest absolute Gasteiger partial charge is 0.379 e. The van der Waals surface area contributed by atoms with Crippen LogP contribution in [0.1, 0.15) is 22.5 Å². The van der Waals surface area contributed by atoms with Gasteiger partial charge in [-0.15, -0.1) is 0 Å². The van der Waals surface area contributed by atoms with Gasteiger partial charge in [0.05, 0.1) is 17.9 Å². The van der Waals surface area contributed by atoms with Gasteiger partial charge < -0.3 is 4.74 Å². The lowest BCUT2D eigenvalue weighted by Gasteiger charge is -2.27. The van der Waals surface area contributed by atoms with Crippen LogP contribution < -0.4 is 4.90 Å². The molecule has 1 aliphatic heterocycles. The molecule has 0 atom stereocenters. The third-order valence-corrected chi connectivity index (χ3v) is 6.08. The SMILES string of the molecule is Cc1cn(C)nc1C(=O)N(CCCN1CCOCC1)c1nc2c(F)cc(F)cc2s1. The predicted molar refractivity (Wildman–Crippen MR) is 111 cm³/mol. The Balaban J connectivity index is 1.61. The molecular weight excluding hydrogens is 412 g/mol. The van der Waals surface area contributed by atoms with E-state index in [0.29, 0.717) is 41.7 Å². The van der Waals surface area contributed by atoms with Crippen molar-refractivity contribution >= 4 is 32.6 Å². The Morgan fingerprint density at radius 3 is 2.77 bits per heavy atom. The number of carbonyl (C=O) groups excluding carboxylic acids is 1. The summed E-state index contributed by atoms with van der Waals surface area (Å²) in [5.41, 5.74) is 1.15. The molecule has 0 aliphatic carbocycles. The summed E-state index contributed by atoms with van der Waals surface area (Å²) >= 11 is 1.10. The van der Waals surface area contributed by atoms with Crippen molar-refractivity contribution in [3.63, 3.8) is 0 Å². The van der Waals surface area contributed by atoms with Gasteiger partial charge in [0.15, 0.2) is 16.6 Å². The first-order valence-electron chi connectivity index (χ1n) is 9.80. The Kier molecular flexibility index (Phi) is 6.07. The highest BCUT2D eigenvalue weighted by atomic mass is 32.1. The van der Waals surface area contributed by atoms with E-state index in [1.54, 1.807) is 17.9 Å². The van der Waals surface area contributed by atoms with Gasteiger partial charge in [-0.05, 0) is 19.4 Å². The molecule has 3 heterocycles. The first kappa shape index (κ1) is 20.8. The number of halogens is 2. The number of rotatable bonds is 6. The molecule has 10 heteroatoms. The molecular formula is C20H23F2N5O2S. The maximum atomic E-state index is 14.2. The molecule has 0 radical (unpaired) electrons. The van der Waals surface area contributed by atoms with Crippen molar-refractivity contribution in [3.8, 4) is 0 Å². The normalized spacial score (nSPS) is 15.1. The van der Waals surface area contributed by atoms with E-state index >= 15 is 0 Å². The minimum atomic E-state index is -0.734. The number of hydrogen-bond acceptors (Lipinski definition) is 6. The number of hydrogen-bond donors (Lipinski definition) is 0. The molecule has 1 amide bonds. The van der Waals surface area contributed by atoms with Crippen LogP contribution in [-0.4, -0.2) is 65.0 Å². The first-order chi connectivity index (χ1) is 14.4. The summed E-state index contributed by atoms with van der Waals surface area (Å²) in [6, 6.07) is 2.04. The summed E-state index contributed by atoms with van der Waals surface area (Å²) in [6.07, 6.45) is 2.48. The highest BCUT2D eigenvalue weighted by molar-refractivity contribution is 7.22. The van der Waals surface area contributed by atoms with Crippen LogP contribution in [0.3, 0.4) is 0 Å². The van der Waals surface area contributed by atoms with Gasteiger partial charge in [0.1, 0.15) is 11.3 Å². The molecule has 7 nitrogen and oxygen atoms in total. The van der Waals surface area contributed by atoms with E-state index in [9.17, 15) is 13.6 Å². The molecule has 0 saturated carbocycles. The zero-order valence-corrected chi connectivity index (χ0v) is 17.7. The van der Waals surface area contributed by atoms with Crippen LogP contribution >= 0.6 is 11.3 Å². The van der Waals surface area contributed by atoms with Crippen LogP contribution in [0.4, 0.5) is 13.9 Å². The van der Waals surface area contributed by atoms with Gasteiger partial charge >= 0.3 is 0 Å². The summed E-state index contributed by atoms with van der Waals surface area (Å²) < 4.78 is 35.1. The van der Waals surface area contributed by atoms with E-state index in [0.717, 1.165) is 42.6 Å². The maximum Gasteiger partial charge on any atom is 0.280 e. The number of aryl methyl sites for hydroxylation is 2. The average molecular weight is 436 g/mol. The quantitative estimate of drug-likeness (QED) is 0.596. The third kappa shape index (κ3) is 4.35. The lowest BCUT2D eigenvalue weighted by Crippen LogP contribution is -2.39. The van der Waals surface area contributed by atoms with Gasteiger partial charge in [-0.3, -0.25) is 19.3 Å². The van der Waals surface area contributed by atoms with Gasteiger partial charge in [-0.2, -0.15) is 5.10 Å². The number of amides is 1. The van der Waals surface area contributed by atoms with Crippen LogP contribution in [0.2, 0.25) is 0 Å². The van der Waals surface area contributed by atoms with E-state index in [-0.39, 0.29) is 11.4 Å². The van der Waals surface area contributed by atoms with E-state index in [4.69, 9.17) is 4.74 Å². The van der Waals surface area contributed by atoms with E-state index < -0.39 is 11.6 Å². The zero-order chi connectivity index (χ0) is 21.3. The van der Waals surface area contributed by atoms with E-state index in [1.807, 2.05) is 6.92 Å². The highest BCUT2D eigenvalue weighted by Crippen LogP contribution is 2.32. The summed E-state index contributed by atoms with van der Waals surface area (Å²) in [5, 5.41) is 4.62.